The molecule has 1 saturated carbocycles. The Hall–Kier alpha value is -3.48. The molecule has 1 fully saturated rings. The first kappa shape index (κ1) is 21.4. The maximum Gasteiger partial charge on any atom is 0.252 e. The summed E-state index contributed by atoms with van der Waals surface area (Å²) < 4.78 is 3.73. The summed E-state index contributed by atoms with van der Waals surface area (Å²) in [6.45, 7) is 8.96. The Balaban J connectivity index is 1.58. The highest BCUT2D eigenvalue weighted by Crippen LogP contribution is 2.40. The summed E-state index contributed by atoms with van der Waals surface area (Å²) >= 11 is 0. The second kappa shape index (κ2) is 8.14. The molecular formula is C26H30N6O. The van der Waals surface area contributed by atoms with Crippen LogP contribution in [0.4, 0.5) is 0 Å². The van der Waals surface area contributed by atoms with Crippen LogP contribution in [0.1, 0.15) is 61.3 Å². The minimum Gasteiger partial charge on any atom is -0.347 e. The van der Waals surface area contributed by atoms with Crippen molar-refractivity contribution in [3.05, 3.63) is 71.8 Å². The van der Waals surface area contributed by atoms with Gasteiger partial charge >= 0.3 is 0 Å². The third-order valence-corrected chi connectivity index (χ3v) is 6.35. The third-order valence-electron chi connectivity index (χ3n) is 6.35. The zero-order chi connectivity index (χ0) is 23.2. The van der Waals surface area contributed by atoms with Crippen molar-refractivity contribution in [2.24, 2.45) is 5.41 Å². The van der Waals surface area contributed by atoms with Crippen molar-refractivity contribution in [1.29, 1.82) is 0 Å². The lowest BCUT2D eigenvalue weighted by molar-refractivity contribution is 0.0892. The lowest BCUT2D eigenvalue weighted by Crippen LogP contribution is -2.46. The first-order chi connectivity index (χ1) is 15.8. The molecule has 1 amide bonds. The van der Waals surface area contributed by atoms with E-state index in [0.717, 1.165) is 41.0 Å². The van der Waals surface area contributed by atoms with E-state index in [0.29, 0.717) is 18.0 Å². The Morgan fingerprint density at radius 1 is 1.18 bits per heavy atom. The SMILES string of the molecule is Cc1nn(-c2ccccc2)c2nc(C3CC3)cc(C(=O)NC(Cn3cccn3)C(C)(C)C)c12. The maximum absolute atomic E-state index is 13.7. The molecule has 1 N–H and O–H groups in total. The molecule has 0 aliphatic heterocycles. The summed E-state index contributed by atoms with van der Waals surface area (Å²) in [6.07, 6.45) is 5.91. The number of carbonyl (C=O) groups excluding carboxylic acids is 1. The monoisotopic (exact) mass is 442 g/mol. The van der Waals surface area contributed by atoms with Crippen LogP contribution in [0, 0.1) is 12.3 Å². The molecule has 7 nitrogen and oxygen atoms in total. The van der Waals surface area contributed by atoms with Crippen LogP contribution in [0.3, 0.4) is 0 Å². The Labute approximate surface area is 193 Å². The van der Waals surface area contributed by atoms with Crippen molar-refractivity contribution in [2.75, 3.05) is 0 Å². The number of nitrogens with one attached hydrogen (secondary N) is 1. The van der Waals surface area contributed by atoms with Crippen molar-refractivity contribution >= 4 is 16.9 Å². The molecule has 3 heterocycles. The van der Waals surface area contributed by atoms with Crippen LogP contribution in [0.15, 0.2) is 54.9 Å². The van der Waals surface area contributed by atoms with Crippen molar-refractivity contribution in [2.45, 2.75) is 59.0 Å². The average molecular weight is 443 g/mol. The predicted octanol–water partition coefficient (Wildman–Crippen LogP) is 4.65. The highest BCUT2D eigenvalue weighted by Gasteiger charge is 2.31. The minimum atomic E-state index is -0.143. The fourth-order valence-electron chi connectivity index (χ4n) is 4.19. The molecule has 1 aliphatic carbocycles. The van der Waals surface area contributed by atoms with Crippen LogP contribution in [-0.4, -0.2) is 36.5 Å². The molecule has 4 aromatic rings. The van der Waals surface area contributed by atoms with Gasteiger partial charge in [-0.15, -0.1) is 0 Å². The summed E-state index contributed by atoms with van der Waals surface area (Å²) in [5.41, 5.74) is 3.96. The highest BCUT2D eigenvalue weighted by molar-refractivity contribution is 6.07. The molecule has 33 heavy (non-hydrogen) atoms. The van der Waals surface area contributed by atoms with Crippen LogP contribution in [-0.2, 0) is 6.54 Å². The normalized spacial score (nSPS) is 15.0. The molecule has 1 aliphatic rings. The largest absolute Gasteiger partial charge is 0.347 e. The van der Waals surface area contributed by atoms with Gasteiger partial charge in [-0.1, -0.05) is 39.0 Å². The summed E-state index contributed by atoms with van der Waals surface area (Å²) in [5, 5.41) is 13.2. The molecule has 7 heteroatoms. The van der Waals surface area contributed by atoms with Gasteiger partial charge in [0.15, 0.2) is 5.65 Å². The van der Waals surface area contributed by atoms with Crippen molar-refractivity contribution < 1.29 is 4.79 Å². The van der Waals surface area contributed by atoms with Crippen LogP contribution in [0.25, 0.3) is 16.7 Å². The Morgan fingerprint density at radius 2 is 1.94 bits per heavy atom. The molecular weight excluding hydrogens is 412 g/mol. The number of benzene rings is 1. The van der Waals surface area contributed by atoms with Crippen molar-refractivity contribution in [3.63, 3.8) is 0 Å². The van der Waals surface area contributed by atoms with Gasteiger partial charge < -0.3 is 5.32 Å². The van der Waals surface area contributed by atoms with Crippen LogP contribution < -0.4 is 5.32 Å². The lowest BCUT2D eigenvalue weighted by atomic mass is 9.86. The van der Waals surface area contributed by atoms with Crippen LogP contribution in [0.2, 0.25) is 0 Å². The molecule has 1 aromatic carbocycles. The summed E-state index contributed by atoms with van der Waals surface area (Å²) in [7, 11) is 0. The van der Waals surface area contributed by atoms with Gasteiger partial charge in [-0.3, -0.25) is 9.48 Å². The summed E-state index contributed by atoms with van der Waals surface area (Å²) in [6, 6.07) is 13.8. The van der Waals surface area contributed by atoms with Crippen LogP contribution >= 0.6 is 0 Å². The average Bonchev–Trinajstić information content (AvgIpc) is 3.42. The summed E-state index contributed by atoms with van der Waals surface area (Å²) in [5.74, 6) is 0.329. The molecule has 0 bridgehead atoms. The number of pyridine rings is 1. The first-order valence-corrected chi connectivity index (χ1v) is 11.6. The number of rotatable bonds is 6. The number of hydrogen-bond donors (Lipinski definition) is 1. The smallest absolute Gasteiger partial charge is 0.252 e. The van der Waals surface area contributed by atoms with E-state index in [4.69, 9.17) is 10.1 Å². The molecule has 5 rings (SSSR count). The second-order valence-electron chi connectivity index (χ2n) is 10.0. The van der Waals surface area contributed by atoms with Gasteiger partial charge in [-0.25, -0.2) is 9.67 Å². The fraction of sp³-hybridized carbons (Fsp3) is 0.385. The zero-order valence-corrected chi connectivity index (χ0v) is 19.6. The summed E-state index contributed by atoms with van der Waals surface area (Å²) in [4.78, 5) is 18.7. The van der Waals surface area contributed by atoms with Crippen LogP contribution in [0.5, 0.6) is 0 Å². The Bertz CT molecular complexity index is 1280. The Morgan fingerprint density at radius 3 is 2.58 bits per heavy atom. The van der Waals surface area contributed by atoms with Crippen molar-refractivity contribution in [1.82, 2.24) is 29.9 Å². The van der Waals surface area contributed by atoms with Gasteiger partial charge in [-0.05, 0) is 49.4 Å². The van der Waals surface area contributed by atoms with E-state index in [9.17, 15) is 4.79 Å². The maximum atomic E-state index is 13.7. The van der Waals surface area contributed by atoms with E-state index in [1.54, 1.807) is 6.20 Å². The number of aryl methyl sites for hydroxylation is 1. The molecule has 1 unspecified atom stereocenters. The number of nitrogens with zero attached hydrogens (tertiary/aromatic N) is 5. The minimum absolute atomic E-state index is 0.0907. The highest BCUT2D eigenvalue weighted by atomic mass is 16.1. The predicted molar refractivity (Wildman–Crippen MR) is 129 cm³/mol. The molecule has 1 atom stereocenters. The van der Waals surface area contributed by atoms with E-state index in [-0.39, 0.29) is 17.4 Å². The van der Waals surface area contributed by atoms with Crippen molar-refractivity contribution in [3.8, 4) is 5.69 Å². The van der Waals surface area contributed by atoms with Gasteiger partial charge in [0.05, 0.1) is 34.9 Å². The van der Waals surface area contributed by atoms with E-state index in [2.05, 4.69) is 31.2 Å². The van der Waals surface area contributed by atoms with E-state index < -0.39 is 0 Å². The molecule has 0 spiro atoms. The standard InChI is InChI=1S/C26H30N6O/c1-17-23-20(25(33)29-22(26(2,3)4)16-31-14-8-13-27-31)15-21(18-11-12-18)28-24(23)32(30-17)19-9-6-5-7-10-19/h5-10,13-15,18,22H,11-12,16H2,1-4H3,(H,29,33). The second-order valence-corrected chi connectivity index (χ2v) is 10.0. The topological polar surface area (TPSA) is 77.6 Å². The molecule has 0 saturated heterocycles. The van der Waals surface area contributed by atoms with E-state index in [1.165, 1.54) is 0 Å². The molecule has 0 radical (unpaired) electrons. The number of fused-ring (bicyclic) bond motifs is 1. The third kappa shape index (κ3) is 4.27. The lowest BCUT2D eigenvalue weighted by Gasteiger charge is -2.31. The van der Waals surface area contributed by atoms with E-state index in [1.807, 2.05) is 64.9 Å². The Kier molecular flexibility index (Phi) is 5.27. The number of aromatic nitrogens is 5. The number of para-hydroxylation sites is 1. The van der Waals surface area contributed by atoms with Gasteiger partial charge in [0, 0.05) is 24.0 Å². The fourth-order valence-corrected chi connectivity index (χ4v) is 4.19. The first-order valence-electron chi connectivity index (χ1n) is 11.6. The van der Waals surface area contributed by atoms with Gasteiger partial charge in [0.1, 0.15) is 0 Å². The van der Waals surface area contributed by atoms with E-state index >= 15 is 0 Å². The quantitative estimate of drug-likeness (QED) is 0.472. The van der Waals surface area contributed by atoms with Gasteiger partial charge in [-0.2, -0.15) is 10.2 Å². The molecule has 170 valence electrons. The molecule has 3 aromatic heterocycles. The zero-order valence-electron chi connectivity index (χ0n) is 19.6. The van der Waals surface area contributed by atoms with Gasteiger partial charge in [0.25, 0.3) is 5.91 Å². The van der Waals surface area contributed by atoms with Gasteiger partial charge in [0.2, 0.25) is 0 Å². The number of amides is 1. The number of hydrogen-bond acceptors (Lipinski definition) is 4. The number of carbonyl (C=O) groups is 1.